The topological polar surface area (TPSA) is 89.1 Å². The largest absolute Gasteiger partial charge is 0.493 e. The number of hydrogen-bond acceptors (Lipinski definition) is 8. The van der Waals surface area contributed by atoms with Crippen LogP contribution < -0.4 is 14.8 Å². The average Bonchev–Trinajstić information content (AvgIpc) is 3.35. The Morgan fingerprint density at radius 1 is 1.15 bits per heavy atom. The van der Waals surface area contributed by atoms with Gasteiger partial charge in [-0.15, -0.1) is 0 Å². The third-order valence-corrected chi connectivity index (χ3v) is 7.84. The first-order valence-electron chi connectivity index (χ1n) is 14.0. The Bertz CT molecular complexity index is 1400. The van der Waals surface area contributed by atoms with Gasteiger partial charge in [-0.2, -0.15) is 0 Å². The number of piperidine rings is 1. The third kappa shape index (κ3) is 6.93. The van der Waals surface area contributed by atoms with Crippen LogP contribution in [-0.2, 0) is 4.74 Å². The van der Waals surface area contributed by atoms with Gasteiger partial charge < -0.3 is 29.3 Å². The van der Waals surface area contributed by atoms with Crippen LogP contribution in [0.25, 0.3) is 10.9 Å². The van der Waals surface area contributed by atoms with Crippen molar-refractivity contribution < 1.29 is 23.4 Å². The molecule has 1 amide bonds. The summed E-state index contributed by atoms with van der Waals surface area (Å²) in [7, 11) is 1.59. The molecule has 11 heteroatoms. The molecule has 1 N–H and O–H groups in total. The van der Waals surface area contributed by atoms with Crippen LogP contribution in [0.4, 0.5) is 20.7 Å². The zero-order valence-electron chi connectivity index (χ0n) is 24.0. The van der Waals surface area contributed by atoms with Crippen molar-refractivity contribution in [3.8, 4) is 11.5 Å². The molecule has 0 bridgehead atoms. The zero-order valence-corrected chi connectivity index (χ0v) is 24.7. The average molecular weight is 586 g/mol. The summed E-state index contributed by atoms with van der Waals surface area (Å²) < 4.78 is 31.0. The van der Waals surface area contributed by atoms with Gasteiger partial charge in [0, 0.05) is 36.8 Å². The number of amides is 1. The molecule has 0 saturated carbocycles. The van der Waals surface area contributed by atoms with Crippen LogP contribution >= 0.6 is 11.6 Å². The first-order valence-corrected chi connectivity index (χ1v) is 14.4. The highest BCUT2D eigenvalue weighted by atomic mass is 35.5. The highest BCUT2D eigenvalue weighted by Crippen LogP contribution is 2.36. The minimum absolute atomic E-state index is 0.0220. The maximum atomic E-state index is 13.6. The molecule has 2 atom stereocenters. The molecule has 41 heavy (non-hydrogen) atoms. The van der Waals surface area contributed by atoms with Crippen molar-refractivity contribution in [2.75, 3.05) is 45.2 Å². The predicted octanol–water partition coefficient (Wildman–Crippen LogP) is 6.27. The minimum Gasteiger partial charge on any atom is -0.493 e. The molecule has 0 spiro atoms. The van der Waals surface area contributed by atoms with E-state index in [9.17, 15) is 9.18 Å². The normalized spacial score (nSPS) is 19.2. The first-order chi connectivity index (χ1) is 19.6. The number of methoxy groups -OCH3 is 1. The molecular weight excluding hydrogens is 549 g/mol. The van der Waals surface area contributed by atoms with Crippen molar-refractivity contribution in [3.05, 3.63) is 47.5 Å². The summed E-state index contributed by atoms with van der Waals surface area (Å²) >= 11 is 5.95. The number of halogens is 2. The van der Waals surface area contributed by atoms with E-state index in [1.54, 1.807) is 13.2 Å². The molecule has 2 saturated heterocycles. The smallest absolute Gasteiger partial charge is 0.410 e. The summed E-state index contributed by atoms with van der Waals surface area (Å²) in [6, 6.07) is 8.26. The second kappa shape index (κ2) is 12.2. The van der Waals surface area contributed by atoms with Gasteiger partial charge in [0.15, 0.2) is 11.5 Å². The highest BCUT2D eigenvalue weighted by Gasteiger charge is 2.41. The number of nitrogens with one attached hydrogen (secondary N) is 1. The summed E-state index contributed by atoms with van der Waals surface area (Å²) in [5, 5.41) is 3.94. The summed E-state index contributed by atoms with van der Waals surface area (Å²) in [6.07, 6.45) is 4.18. The molecule has 2 unspecified atom stereocenters. The maximum absolute atomic E-state index is 13.6. The van der Waals surface area contributed by atoms with Crippen LogP contribution in [0.5, 0.6) is 11.5 Å². The van der Waals surface area contributed by atoms with Crippen molar-refractivity contribution in [3.63, 3.8) is 0 Å². The van der Waals surface area contributed by atoms with Gasteiger partial charge >= 0.3 is 6.09 Å². The molecule has 9 nitrogen and oxygen atoms in total. The number of rotatable bonds is 8. The number of anilines is 2. The summed E-state index contributed by atoms with van der Waals surface area (Å²) in [4.78, 5) is 25.8. The van der Waals surface area contributed by atoms with Gasteiger partial charge in [0.1, 0.15) is 23.6 Å². The monoisotopic (exact) mass is 585 g/mol. The molecule has 1 aromatic heterocycles. The number of aromatic nitrogens is 2. The lowest BCUT2D eigenvalue weighted by Crippen LogP contribution is -2.51. The maximum Gasteiger partial charge on any atom is 0.410 e. The molecule has 2 aromatic carbocycles. The molecular formula is C30H37ClFN5O4. The van der Waals surface area contributed by atoms with E-state index in [1.165, 1.54) is 18.5 Å². The van der Waals surface area contributed by atoms with E-state index in [1.807, 2.05) is 37.8 Å². The van der Waals surface area contributed by atoms with Crippen molar-refractivity contribution in [2.45, 2.75) is 51.7 Å². The highest BCUT2D eigenvalue weighted by molar-refractivity contribution is 6.31. The van der Waals surface area contributed by atoms with Crippen LogP contribution in [0.2, 0.25) is 5.02 Å². The number of likely N-dealkylation sites (tertiary alicyclic amines) is 2. The van der Waals surface area contributed by atoms with Crippen molar-refractivity contribution in [2.24, 2.45) is 5.92 Å². The minimum atomic E-state index is -0.498. The number of carbonyl (C=O) groups excluding carboxylic acids is 1. The van der Waals surface area contributed by atoms with Crippen LogP contribution in [-0.4, -0.2) is 77.4 Å². The Morgan fingerprint density at radius 3 is 2.71 bits per heavy atom. The van der Waals surface area contributed by atoms with Gasteiger partial charge in [-0.05, 0) is 76.8 Å². The van der Waals surface area contributed by atoms with Gasteiger partial charge in [0.25, 0.3) is 0 Å². The van der Waals surface area contributed by atoms with Crippen molar-refractivity contribution in [1.29, 1.82) is 0 Å². The van der Waals surface area contributed by atoms with Gasteiger partial charge in [0.2, 0.25) is 0 Å². The van der Waals surface area contributed by atoms with E-state index in [4.69, 9.17) is 25.8 Å². The number of nitrogens with zero attached hydrogens (tertiary/aromatic N) is 4. The van der Waals surface area contributed by atoms with E-state index in [2.05, 4.69) is 20.2 Å². The second-order valence-electron chi connectivity index (χ2n) is 11.6. The van der Waals surface area contributed by atoms with Crippen LogP contribution in [0.1, 0.15) is 40.0 Å². The Labute approximate surface area is 244 Å². The summed E-state index contributed by atoms with van der Waals surface area (Å²) in [5.74, 6) is 1.75. The number of fused-ring (bicyclic) bond motifs is 2. The predicted molar refractivity (Wildman–Crippen MR) is 157 cm³/mol. The fraction of sp³-hybridized carbons (Fsp3) is 0.500. The number of ether oxygens (including phenoxy) is 3. The SMILES string of the molecule is COc1cc2ncnc(Nc3ccc(F)c(Cl)c3)c2cc1OCCCN1CCC2CCN(C(=O)OC(C)(C)C)C2C1. The van der Waals surface area contributed by atoms with Gasteiger partial charge in [-0.25, -0.2) is 19.2 Å². The Balaban J connectivity index is 1.21. The lowest BCUT2D eigenvalue weighted by molar-refractivity contribution is 0.0122. The van der Waals surface area contributed by atoms with Crippen LogP contribution in [0.15, 0.2) is 36.7 Å². The van der Waals surface area contributed by atoms with Crippen molar-refractivity contribution >= 4 is 40.1 Å². The molecule has 3 aromatic rings. The second-order valence-corrected chi connectivity index (χ2v) is 12.0. The Hall–Kier alpha value is -3.37. The zero-order chi connectivity index (χ0) is 29.1. The summed E-state index contributed by atoms with van der Waals surface area (Å²) in [5.41, 5.74) is 0.780. The lowest BCUT2D eigenvalue weighted by atomic mass is 9.92. The van der Waals surface area contributed by atoms with Gasteiger partial charge in [-0.3, -0.25) is 0 Å². The lowest BCUT2D eigenvalue weighted by Gasteiger charge is -2.38. The van der Waals surface area contributed by atoms with Crippen LogP contribution in [0, 0.1) is 11.7 Å². The molecule has 220 valence electrons. The molecule has 2 fully saturated rings. The van der Waals surface area contributed by atoms with E-state index in [0.29, 0.717) is 41.0 Å². The number of hydrogen-bond donors (Lipinski definition) is 1. The van der Waals surface area contributed by atoms with E-state index >= 15 is 0 Å². The standard InChI is InChI=1S/C30H37ClFN5O4/c1-30(2,3)41-29(38)37-12-9-19-8-11-36(17-25(19)37)10-5-13-40-27-15-21-24(16-26(27)39-4)33-18-34-28(21)35-20-6-7-23(32)22(31)14-20/h6-7,14-16,18-19,25H,5,8-13,17H2,1-4H3,(H,33,34,35). The number of carbonyl (C=O) groups is 1. The molecule has 0 aliphatic carbocycles. The van der Waals surface area contributed by atoms with Gasteiger partial charge in [-0.1, -0.05) is 11.6 Å². The Morgan fingerprint density at radius 2 is 1.95 bits per heavy atom. The molecule has 0 radical (unpaired) electrons. The number of benzene rings is 2. The first kappa shape index (κ1) is 29.1. The molecule has 3 heterocycles. The quantitative estimate of drug-likeness (QED) is 0.309. The van der Waals surface area contributed by atoms with E-state index in [-0.39, 0.29) is 17.2 Å². The molecule has 2 aliphatic heterocycles. The van der Waals surface area contributed by atoms with Gasteiger partial charge in [0.05, 0.1) is 30.3 Å². The van der Waals surface area contributed by atoms with Crippen molar-refractivity contribution in [1.82, 2.24) is 19.8 Å². The van der Waals surface area contributed by atoms with Crippen LogP contribution in [0.3, 0.4) is 0 Å². The fourth-order valence-corrected chi connectivity index (χ4v) is 5.75. The van der Waals surface area contributed by atoms with E-state index < -0.39 is 11.4 Å². The Kier molecular flexibility index (Phi) is 8.70. The molecule has 5 rings (SSSR count). The van der Waals surface area contributed by atoms with E-state index in [0.717, 1.165) is 50.8 Å². The third-order valence-electron chi connectivity index (χ3n) is 7.55. The fourth-order valence-electron chi connectivity index (χ4n) is 5.57. The summed E-state index contributed by atoms with van der Waals surface area (Å²) in [6.45, 7) is 9.70. The molecule has 2 aliphatic rings.